The molecule has 1 aromatic carbocycles. The Kier molecular flexibility index (Phi) is 3.45. The third kappa shape index (κ3) is 2.98. The zero-order chi connectivity index (χ0) is 14.3. The van der Waals surface area contributed by atoms with Crippen LogP contribution in [0.2, 0.25) is 18.1 Å². The summed E-state index contributed by atoms with van der Waals surface area (Å²) in [5.74, 6) is 0. The van der Waals surface area contributed by atoms with Gasteiger partial charge in [-0.1, -0.05) is 26.8 Å². The average Bonchev–Trinajstić information content (AvgIpc) is 2.64. The molecule has 0 aliphatic carbocycles. The van der Waals surface area contributed by atoms with Crippen molar-refractivity contribution >= 4 is 25.4 Å². The zero-order valence-electron chi connectivity index (χ0n) is 12.3. The molecule has 0 bridgehead atoms. The Balaban J connectivity index is 2.14. The van der Waals surface area contributed by atoms with E-state index in [9.17, 15) is 0 Å². The van der Waals surface area contributed by atoms with E-state index in [-0.39, 0.29) is 11.1 Å². The van der Waals surface area contributed by atoms with Gasteiger partial charge < -0.3 is 14.6 Å². The number of nitrogens with two attached hydrogens (primary N) is 1. The standard InChI is InChI=1S/C14H22N2O2Si/c1-14(2,3)19(4,5)17-9-10-6-7-11-12(8-10)18-13(15)16-11/h6-8H,9H2,1-5H3,(H2,15,16). The van der Waals surface area contributed by atoms with Crippen molar-refractivity contribution in [2.24, 2.45) is 0 Å². The number of aromatic nitrogens is 1. The molecule has 19 heavy (non-hydrogen) atoms. The van der Waals surface area contributed by atoms with Gasteiger partial charge in [-0.3, -0.25) is 0 Å². The van der Waals surface area contributed by atoms with E-state index in [4.69, 9.17) is 14.6 Å². The first kappa shape index (κ1) is 14.1. The first-order valence-electron chi connectivity index (χ1n) is 6.48. The zero-order valence-corrected chi connectivity index (χ0v) is 13.3. The van der Waals surface area contributed by atoms with E-state index in [1.54, 1.807) is 0 Å². The summed E-state index contributed by atoms with van der Waals surface area (Å²) in [4.78, 5) is 4.08. The number of rotatable bonds is 3. The van der Waals surface area contributed by atoms with Gasteiger partial charge in [-0.05, 0) is 35.8 Å². The quantitative estimate of drug-likeness (QED) is 0.864. The van der Waals surface area contributed by atoms with Crippen LogP contribution in [0.25, 0.3) is 11.1 Å². The van der Waals surface area contributed by atoms with Crippen LogP contribution in [0, 0.1) is 0 Å². The molecule has 0 atom stereocenters. The van der Waals surface area contributed by atoms with Gasteiger partial charge in [0.25, 0.3) is 6.01 Å². The maximum absolute atomic E-state index is 6.18. The first-order chi connectivity index (χ1) is 8.69. The van der Waals surface area contributed by atoms with E-state index >= 15 is 0 Å². The number of nitrogens with zero attached hydrogens (tertiary/aromatic N) is 1. The number of nitrogen functional groups attached to an aromatic ring is 1. The Morgan fingerprint density at radius 3 is 2.63 bits per heavy atom. The lowest BCUT2D eigenvalue weighted by Crippen LogP contribution is -2.40. The second kappa shape index (κ2) is 4.65. The molecule has 0 fully saturated rings. The van der Waals surface area contributed by atoms with E-state index in [1.807, 2.05) is 18.2 Å². The second-order valence-electron chi connectivity index (χ2n) is 6.40. The summed E-state index contributed by atoms with van der Waals surface area (Å²) in [6, 6.07) is 6.08. The minimum absolute atomic E-state index is 0.206. The summed E-state index contributed by atoms with van der Waals surface area (Å²) in [6.07, 6.45) is 0. The Morgan fingerprint density at radius 1 is 1.32 bits per heavy atom. The molecule has 0 spiro atoms. The lowest BCUT2D eigenvalue weighted by molar-refractivity contribution is 0.276. The summed E-state index contributed by atoms with van der Waals surface area (Å²) in [5, 5.41) is 0.216. The van der Waals surface area contributed by atoms with Gasteiger partial charge in [-0.25, -0.2) is 0 Å². The molecule has 4 nitrogen and oxygen atoms in total. The molecule has 1 aromatic heterocycles. The fourth-order valence-electron chi connectivity index (χ4n) is 1.56. The first-order valence-corrected chi connectivity index (χ1v) is 9.39. The van der Waals surface area contributed by atoms with Crippen molar-refractivity contribution in [3.8, 4) is 0 Å². The molecule has 2 aromatic rings. The van der Waals surface area contributed by atoms with E-state index in [1.165, 1.54) is 0 Å². The molecule has 0 unspecified atom stereocenters. The van der Waals surface area contributed by atoms with Crippen molar-refractivity contribution in [1.29, 1.82) is 0 Å². The molecule has 0 aliphatic rings. The van der Waals surface area contributed by atoms with Crippen molar-refractivity contribution < 1.29 is 8.84 Å². The summed E-state index contributed by atoms with van der Waals surface area (Å²) in [5.41, 5.74) is 8.13. The Labute approximate surface area is 115 Å². The normalized spacial score (nSPS) is 13.1. The SMILES string of the molecule is CC(C)(C)[Si](C)(C)OCc1ccc2nc(N)oc2c1. The van der Waals surface area contributed by atoms with Gasteiger partial charge in [0, 0.05) is 0 Å². The molecule has 0 amide bonds. The van der Waals surface area contributed by atoms with Gasteiger partial charge in [-0.15, -0.1) is 0 Å². The molecule has 0 aliphatic heterocycles. The molecule has 0 saturated carbocycles. The van der Waals surface area contributed by atoms with Crippen LogP contribution in [-0.4, -0.2) is 13.3 Å². The number of oxazole rings is 1. The third-order valence-electron chi connectivity index (χ3n) is 3.88. The Morgan fingerprint density at radius 2 is 2.00 bits per heavy atom. The molecule has 0 saturated heterocycles. The Hall–Kier alpha value is -1.33. The summed E-state index contributed by atoms with van der Waals surface area (Å²) in [7, 11) is -1.72. The van der Waals surface area contributed by atoms with Crippen LogP contribution in [0.1, 0.15) is 26.3 Å². The molecular formula is C14H22N2O2Si. The van der Waals surface area contributed by atoms with Crippen molar-refractivity contribution in [3.63, 3.8) is 0 Å². The highest BCUT2D eigenvalue weighted by atomic mass is 28.4. The van der Waals surface area contributed by atoms with Gasteiger partial charge in [0.15, 0.2) is 13.9 Å². The highest BCUT2D eigenvalue weighted by molar-refractivity contribution is 6.74. The largest absolute Gasteiger partial charge is 0.424 e. The van der Waals surface area contributed by atoms with Crippen molar-refractivity contribution in [2.75, 3.05) is 5.73 Å². The molecule has 0 radical (unpaired) electrons. The Bertz CT molecular complexity index is 585. The summed E-state index contributed by atoms with van der Waals surface area (Å²) < 4.78 is 11.5. The molecule has 1 heterocycles. The van der Waals surface area contributed by atoms with E-state index in [0.29, 0.717) is 12.2 Å². The lowest BCUT2D eigenvalue weighted by atomic mass is 10.2. The lowest BCUT2D eigenvalue weighted by Gasteiger charge is -2.36. The van der Waals surface area contributed by atoms with Crippen LogP contribution in [0.3, 0.4) is 0 Å². The van der Waals surface area contributed by atoms with Gasteiger partial charge in [0.2, 0.25) is 0 Å². The monoisotopic (exact) mass is 278 g/mol. The van der Waals surface area contributed by atoms with Crippen LogP contribution in [-0.2, 0) is 11.0 Å². The molecule has 2 N–H and O–H groups in total. The fourth-order valence-corrected chi connectivity index (χ4v) is 2.52. The summed E-state index contributed by atoms with van der Waals surface area (Å²) >= 11 is 0. The number of fused-ring (bicyclic) bond motifs is 1. The van der Waals surface area contributed by atoms with E-state index in [2.05, 4.69) is 38.8 Å². The van der Waals surface area contributed by atoms with Crippen LogP contribution in [0.4, 0.5) is 6.01 Å². The number of anilines is 1. The van der Waals surface area contributed by atoms with Gasteiger partial charge >= 0.3 is 0 Å². The third-order valence-corrected chi connectivity index (χ3v) is 8.35. The topological polar surface area (TPSA) is 61.3 Å². The second-order valence-corrected chi connectivity index (χ2v) is 11.2. The number of hydrogen-bond donors (Lipinski definition) is 1. The van der Waals surface area contributed by atoms with Gasteiger partial charge in [0.1, 0.15) is 5.52 Å². The van der Waals surface area contributed by atoms with Crippen molar-refractivity contribution in [2.45, 2.75) is 45.5 Å². The molecular weight excluding hydrogens is 256 g/mol. The number of benzene rings is 1. The van der Waals surface area contributed by atoms with Crippen molar-refractivity contribution in [1.82, 2.24) is 4.98 Å². The van der Waals surface area contributed by atoms with Crippen molar-refractivity contribution in [3.05, 3.63) is 23.8 Å². The molecule has 5 heteroatoms. The highest BCUT2D eigenvalue weighted by Gasteiger charge is 2.37. The van der Waals surface area contributed by atoms with Crippen LogP contribution in [0.15, 0.2) is 22.6 Å². The maximum atomic E-state index is 6.18. The minimum Gasteiger partial charge on any atom is -0.424 e. The highest BCUT2D eigenvalue weighted by Crippen LogP contribution is 2.37. The van der Waals surface area contributed by atoms with Gasteiger partial charge in [-0.2, -0.15) is 4.98 Å². The van der Waals surface area contributed by atoms with Crippen LogP contribution >= 0.6 is 0 Å². The fraction of sp³-hybridized carbons (Fsp3) is 0.500. The number of hydrogen-bond acceptors (Lipinski definition) is 4. The van der Waals surface area contributed by atoms with Crippen LogP contribution < -0.4 is 5.73 Å². The average molecular weight is 278 g/mol. The summed E-state index contributed by atoms with van der Waals surface area (Å²) in [6.45, 7) is 11.8. The maximum Gasteiger partial charge on any atom is 0.292 e. The minimum atomic E-state index is -1.72. The smallest absolute Gasteiger partial charge is 0.292 e. The predicted molar refractivity (Wildman–Crippen MR) is 80.4 cm³/mol. The molecule has 2 rings (SSSR count). The predicted octanol–water partition coefficient (Wildman–Crippen LogP) is 3.93. The molecule has 104 valence electrons. The van der Waals surface area contributed by atoms with E-state index < -0.39 is 8.32 Å². The van der Waals surface area contributed by atoms with Crippen LogP contribution in [0.5, 0.6) is 0 Å². The van der Waals surface area contributed by atoms with E-state index in [0.717, 1.165) is 11.1 Å². The van der Waals surface area contributed by atoms with Gasteiger partial charge in [0.05, 0.1) is 6.61 Å².